The van der Waals surface area contributed by atoms with Gasteiger partial charge in [-0.3, -0.25) is 0 Å². The van der Waals surface area contributed by atoms with Crippen LogP contribution >= 0.6 is 12.4 Å². The molecule has 1 heterocycles. The minimum atomic E-state index is 0. The SMILES string of the molecule is CC1CC(CN)CN1CC1CCC(C)(C)CC1.Cl. The van der Waals surface area contributed by atoms with Gasteiger partial charge in [0, 0.05) is 19.1 Å². The predicted octanol–water partition coefficient (Wildman–Crippen LogP) is 3.29. The van der Waals surface area contributed by atoms with E-state index in [1.807, 2.05) is 0 Å². The predicted molar refractivity (Wildman–Crippen MR) is 81.2 cm³/mol. The summed E-state index contributed by atoms with van der Waals surface area (Å²) in [4.78, 5) is 2.69. The lowest BCUT2D eigenvalue weighted by Crippen LogP contribution is -2.35. The molecule has 3 heteroatoms. The highest BCUT2D eigenvalue weighted by atomic mass is 35.5. The standard InChI is InChI=1S/C15H30N2.ClH/c1-12-8-14(9-16)11-17(12)10-13-4-6-15(2,3)7-5-13;/h12-14H,4-11,16H2,1-3H3;1H. The van der Waals surface area contributed by atoms with Gasteiger partial charge in [-0.2, -0.15) is 0 Å². The van der Waals surface area contributed by atoms with Crippen LogP contribution in [0.3, 0.4) is 0 Å². The van der Waals surface area contributed by atoms with Gasteiger partial charge in [-0.1, -0.05) is 13.8 Å². The molecule has 0 bridgehead atoms. The molecule has 1 saturated carbocycles. The Morgan fingerprint density at radius 1 is 1.17 bits per heavy atom. The fourth-order valence-corrected chi connectivity index (χ4v) is 3.62. The zero-order chi connectivity index (χ0) is 12.5. The molecule has 2 aliphatic rings. The summed E-state index contributed by atoms with van der Waals surface area (Å²) in [5, 5.41) is 0. The van der Waals surface area contributed by atoms with Crippen molar-refractivity contribution in [3.63, 3.8) is 0 Å². The Labute approximate surface area is 119 Å². The Balaban J connectivity index is 0.00000162. The van der Waals surface area contributed by atoms with Crippen LogP contribution in [-0.2, 0) is 0 Å². The first-order chi connectivity index (χ1) is 8.00. The van der Waals surface area contributed by atoms with Gasteiger partial charge in [0.2, 0.25) is 0 Å². The van der Waals surface area contributed by atoms with E-state index in [-0.39, 0.29) is 12.4 Å². The zero-order valence-electron chi connectivity index (χ0n) is 12.3. The number of hydrogen-bond acceptors (Lipinski definition) is 2. The number of hydrogen-bond donors (Lipinski definition) is 1. The third-order valence-electron chi connectivity index (χ3n) is 5.08. The maximum absolute atomic E-state index is 5.80. The van der Waals surface area contributed by atoms with Gasteiger partial charge < -0.3 is 10.6 Å². The number of likely N-dealkylation sites (tertiary alicyclic amines) is 1. The lowest BCUT2D eigenvalue weighted by atomic mass is 9.73. The van der Waals surface area contributed by atoms with Crippen LogP contribution in [-0.4, -0.2) is 30.6 Å². The molecule has 2 rings (SSSR count). The average molecular weight is 275 g/mol. The van der Waals surface area contributed by atoms with Crippen LogP contribution in [0.25, 0.3) is 0 Å². The van der Waals surface area contributed by atoms with Gasteiger partial charge in [-0.15, -0.1) is 12.4 Å². The van der Waals surface area contributed by atoms with Crippen molar-refractivity contribution in [3.8, 4) is 0 Å². The Kier molecular flexibility index (Phi) is 5.95. The van der Waals surface area contributed by atoms with E-state index in [0.717, 1.165) is 24.4 Å². The third kappa shape index (κ3) is 4.11. The molecule has 0 aromatic rings. The minimum Gasteiger partial charge on any atom is -0.330 e. The van der Waals surface area contributed by atoms with Gasteiger partial charge in [0.25, 0.3) is 0 Å². The van der Waals surface area contributed by atoms with Crippen LogP contribution < -0.4 is 5.73 Å². The van der Waals surface area contributed by atoms with E-state index in [2.05, 4.69) is 25.7 Å². The normalized spacial score (nSPS) is 33.3. The fourth-order valence-electron chi connectivity index (χ4n) is 3.62. The van der Waals surface area contributed by atoms with Crippen LogP contribution in [0.5, 0.6) is 0 Å². The molecule has 2 fully saturated rings. The highest BCUT2D eigenvalue weighted by Crippen LogP contribution is 2.39. The fraction of sp³-hybridized carbons (Fsp3) is 1.00. The number of nitrogens with two attached hydrogens (primary N) is 1. The van der Waals surface area contributed by atoms with Crippen molar-refractivity contribution >= 4 is 12.4 Å². The molecule has 2 atom stereocenters. The first kappa shape index (κ1) is 16.3. The van der Waals surface area contributed by atoms with E-state index in [1.54, 1.807) is 0 Å². The molecule has 0 radical (unpaired) electrons. The summed E-state index contributed by atoms with van der Waals surface area (Å²) < 4.78 is 0. The summed E-state index contributed by atoms with van der Waals surface area (Å²) in [5.41, 5.74) is 6.40. The summed E-state index contributed by atoms with van der Waals surface area (Å²) in [5.74, 6) is 1.70. The molecular formula is C15H31ClN2. The maximum Gasteiger partial charge on any atom is 0.00707 e. The highest BCUT2D eigenvalue weighted by molar-refractivity contribution is 5.85. The summed E-state index contributed by atoms with van der Waals surface area (Å²) in [7, 11) is 0. The molecule has 18 heavy (non-hydrogen) atoms. The van der Waals surface area contributed by atoms with Gasteiger partial charge in [-0.25, -0.2) is 0 Å². The molecule has 0 spiro atoms. The lowest BCUT2D eigenvalue weighted by molar-refractivity contribution is 0.140. The Morgan fingerprint density at radius 3 is 2.28 bits per heavy atom. The quantitative estimate of drug-likeness (QED) is 0.856. The molecule has 1 aliphatic carbocycles. The zero-order valence-corrected chi connectivity index (χ0v) is 13.1. The van der Waals surface area contributed by atoms with Crippen LogP contribution in [0.1, 0.15) is 52.9 Å². The first-order valence-corrected chi connectivity index (χ1v) is 7.44. The van der Waals surface area contributed by atoms with Crippen molar-refractivity contribution in [2.45, 2.75) is 58.9 Å². The number of rotatable bonds is 3. The molecule has 0 aromatic carbocycles. The molecule has 0 aromatic heterocycles. The molecule has 2 unspecified atom stereocenters. The summed E-state index contributed by atoms with van der Waals surface area (Å²) in [6, 6.07) is 0.762. The molecule has 2 N–H and O–H groups in total. The van der Waals surface area contributed by atoms with Crippen molar-refractivity contribution in [2.75, 3.05) is 19.6 Å². The van der Waals surface area contributed by atoms with E-state index in [0.29, 0.717) is 5.41 Å². The monoisotopic (exact) mass is 274 g/mol. The second kappa shape index (κ2) is 6.58. The Hall–Kier alpha value is 0.210. The van der Waals surface area contributed by atoms with Gasteiger partial charge in [0.05, 0.1) is 0 Å². The van der Waals surface area contributed by atoms with Crippen molar-refractivity contribution < 1.29 is 0 Å². The van der Waals surface area contributed by atoms with E-state index in [4.69, 9.17) is 5.73 Å². The molecule has 2 nitrogen and oxygen atoms in total. The Morgan fingerprint density at radius 2 is 1.78 bits per heavy atom. The van der Waals surface area contributed by atoms with Gasteiger partial charge in [0.15, 0.2) is 0 Å². The molecule has 1 aliphatic heterocycles. The van der Waals surface area contributed by atoms with Crippen LogP contribution in [0.4, 0.5) is 0 Å². The van der Waals surface area contributed by atoms with E-state index < -0.39 is 0 Å². The third-order valence-corrected chi connectivity index (χ3v) is 5.08. The molecule has 1 saturated heterocycles. The maximum atomic E-state index is 5.80. The number of nitrogens with zero attached hydrogens (tertiary/aromatic N) is 1. The second-order valence-corrected chi connectivity index (χ2v) is 7.25. The second-order valence-electron chi connectivity index (χ2n) is 7.25. The molecular weight excluding hydrogens is 244 g/mol. The highest BCUT2D eigenvalue weighted by Gasteiger charge is 2.32. The van der Waals surface area contributed by atoms with E-state index >= 15 is 0 Å². The number of halogens is 1. The Bertz CT molecular complexity index is 245. The topological polar surface area (TPSA) is 29.3 Å². The van der Waals surface area contributed by atoms with Crippen LogP contribution in [0.2, 0.25) is 0 Å². The van der Waals surface area contributed by atoms with Crippen molar-refractivity contribution in [1.29, 1.82) is 0 Å². The lowest BCUT2D eigenvalue weighted by Gasteiger charge is -2.36. The summed E-state index contributed by atoms with van der Waals surface area (Å²) in [6.45, 7) is 10.7. The summed E-state index contributed by atoms with van der Waals surface area (Å²) in [6.07, 6.45) is 7.02. The van der Waals surface area contributed by atoms with Crippen molar-refractivity contribution in [2.24, 2.45) is 23.0 Å². The molecule has 0 amide bonds. The largest absolute Gasteiger partial charge is 0.330 e. The van der Waals surface area contributed by atoms with Crippen molar-refractivity contribution in [1.82, 2.24) is 4.90 Å². The van der Waals surface area contributed by atoms with Crippen molar-refractivity contribution in [3.05, 3.63) is 0 Å². The minimum absolute atomic E-state index is 0. The smallest absolute Gasteiger partial charge is 0.00707 e. The summed E-state index contributed by atoms with van der Waals surface area (Å²) >= 11 is 0. The van der Waals surface area contributed by atoms with Gasteiger partial charge >= 0.3 is 0 Å². The van der Waals surface area contributed by atoms with E-state index in [9.17, 15) is 0 Å². The van der Waals surface area contributed by atoms with Crippen LogP contribution in [0, 0.1) is 17.3 Å². The van der Waals surface area contributed by atoms with Crippen LogP contribution in [0.15, 0.2) is 0 Å². The van der Waals surface area contributed by atoms with Gasteiger partial charge in [-0.05, 0) is 62.8 Å². The molecule has 108 valence electrons. The van der Waals surface area contributed by atoms with E-state index in [1.165, 1.54) is 45.2 Å². The van der Waals surface area contributed by atoms with Gasteiger partial charge in [0.1, 0.15) is 0 Å². The first-order valence-electron chi connectivity index (χ1n) is 7.44. The average Bonchev–Trinajstić information content (AvgIpc) is 2.63.